The SMILES string of the molecule is C1CCCCC1.CCOC(=O)CC. The highest BCUT2D eigenvalue weighted by Crippen LogP contribution is 2.15. The van der Waals surface area contributed by atoms with Crippen LogP contribution < -0.4 is 0 Å². The van der Waals surface area contributed by atoms with Crippen LogP contribution in [0.4, 0.5) is 0 Å². The Balaban J connectivity index is 0.000000223. The van der Waals surface area contributed by atoms with Crippen LogP contribution in [0.1, 0.15) is 58.8 Å². The zero-order chi connectivity index (χ0) is 9.94. The number of rotatable bonds is 2. The monoisotopic (exact) mass is 186 g/mol. The summed E-state index contributed by atoms with van der Waals surface area (Å²) in [6.07, 6.45) is 9.48. The van der Waals surface area contributed by atoms with E-state index in [4.69, 9.17) is 0 Å². The predicted octanol–water partition coefficient (Wildman–Crippen LogP) is 3.30. The Morgan fingerprint density at radius 2 is 1.38 bits per heavy atom. The van der Waals surface area contributed by atoms with E-state index in [0.29, 0.717) is 13.0 Å². The summed E-state index contributed by atoms with van der Waals surface area (Å²) < 4.78 is 4.55. The van der Waals surface area contributed by atoms with Gasteiger partial charge in [-0.2, -0.15) is 0 Å². The maximum absolute atomic E-state index is 10.2. The highest BCUT2D eigenvalue weighted by Gasteiger charge is 1.95. The smallest absolute Gasteiger partial charge is 0.305 e. The highest BCUT2D eigenvalue weighted by molar-refractivity contribution is 5.68. The van der Waals surface area contributed by atoms with Gasteiger partial charge in [0.2, 0.25) is 0 Å². The van der Waals surface area contributed by atoms with E-state index < -0.39 is 0 Å². The van der Waals surface area contributed by atoms with Crippen molar-refractivity contribution in [2.24, 2.45) is 0 Å². The molecule has 1 aliphatic rings. The summed E-state index contributed by atoms with van der Waals surface area (Å²) in [5.74, 6) is -0.123. The van der Waals surface area contributed by atoms with Crippen molar-refractivity contribution in [1.29, 1.82) is 0 Å². The zero-order valence-corrected chi connectivity index (χ0v) is 8.97. The van der Waals surface area contributed by atoms with Crippen molar-refractivity contribution in [2.45, 2.75) is 58.8 Å². The zero-order valence-electron chi connectivity index (χ0n) is 8.97. The molecule has 0 unspecified atom stereocenters. The maximum Gasteiger partial charge on any atom is 0.305 e. The second kappa shape index (κ2) is 9.56. The molecule has 0 spiro atoms. The van der Waals surface area contributed by atoms with E-state index in [9.17, 15) is 4.79 Å². The number of hydrogen-bond donors (Lipinski definition) is 0. The van der Waals surface area contributed by atoms with Gasteiger partial charge in [-0.1, -0.05) is 45.4 Å². The molecule has 1 rings (SSSR count). The van der Waals surface area contributed by atoms with E-state index in [1.807, 2.05) is 0 Å². The molecule has 1 fully saturated rings. The highest BCUT2D eigenvalue weighted by atomic mass is 16.5. The van der Waals surface area contributed by atoms with Gasteiger partial charge in [0.05, 0.1) is 6.61 Å². The Labute approximate surface area is 81.7 Å². The molecule has 0 radical (unpaired) electrons. The number of ether oxygens (including phenoxy) is 1. The summed E-state index contributed by atoms with van der Waals surface area (Å²) >= 11 is 0. The summed E-state index contributed by atoms with van der Waals surface area (Å²) in [5.41, 5.74) is 0. The van der Waals surface area contributed by atoms with Crippen molar-refractivity contribution in [2.75, 3.05) is 6.61 Å². The molecule has 1 aliphatic carbocycles. The number of carbonyl (C=O) groups is 1. The lowest BCUT2D eigenvalue weighted by Crippen LogP contribution is -2.00. The predicted molar refractivity (Wildman–Crippen MR) is 54.6 cm³/mol. The van der Waals surface area contributed by atoms with Crippen molar-refractivity contribution in [1.82, 2.24) is 0 Å². The summed E-state index contributed by atoms with van der Waals surface area (Å²) in [6, 6.07) is 0. The van der Waals surface area contributed by atoms with Crippen molar-refractivity contribution in [3.05, 3.63) is 0 Å². The topological polar surface area (TPSA) is 26.3 Å². The van der Waals surface area contributed by atoms with Crippen LogP contribution in [-0.4, -0.2) is 12.6 Å². The third-order valence-corrected chi connectivity index (χ3v) is 2.09. The van der Waals surface area contributed by atoms with Gasteiger partial charge in [-0.3, -0.25) is 4.79 Å². The quantitative estimate of drug-likeness (QED) is 0.618. The molecule has 0 bridgehead atoms. The van der Waals surface area contributed by atoms with E-state index in [0.717, 1.165) is 0 Å². The fourth-order valence-corrected chi connectivity index (χ4v) is 1.32. The summed E-state index contributed by atoms with van der Waals surface area (Å²) in [6.45, 7) is 4.07. The Kier molecular flexibility index (Phi) is 9.17. The van der Waals surface area contributed by atoms with Crippen LogP contribution in [-0.2, 0) is 9.53 Å². The average molecular weight is 186 g/mol. The van der Waals surface area contributed by atoms with Crippen LogP contribution in [0.2, 0.25) is 0 Å². The first-order valence-corrected chi connectivity index (χ1v) is 5.46. The van der Waals surface area contributed by atoms with E-state index in [1.165, 1.54) is 38.5 Å². The Bertz CT molecular complexity index is 106. The number of carbonyl (C=O) groups excluding carboxylic acids is 1. The lowest BCUT2D eigenvalue weighted by atomic mass is 10.0. The number of hydrogen-bond acceptors (Lipinski definition) is 2. The minimum atomic E-state index is -0.123. The average Bonchev–Trinajstić information content (AvgIpc) is 2.22. The molecule has 0 aromatic heterocycles. The van der Waals surface area contributed by atoms with Gasteiger partial charge in [-0.15, -0.1) is 0 Å². The van der Waals surface area contributed by atoms with E-state index in [-0.39, 0.29) is 5.97 Å². The third kappa shape index (κ3) is 9.38. The third-order valence-electron chi connectivity index (χ3n) is 2.09. The van der Waals surface area contributed by atoms with Crippen LogP contribution in [0, 0.1) is 0 Å². The molecule has 0 amide bonds. The molecule has 1 saturated carbocycles. The molecular formula is C11H22O2. The molecular weight excluding hydrogens is 164 g/mol. The molecule has 0 atom stereocenters. The molecule has 0 saturated heterocycles. The fourth-order valence-electron chi connectivity index (χ4n) is 1.32. The lowest BCUT2D eigenvalue weighted by molar-refractivity contribution is -0.142. The van der Waals surface area contributed by atoms with E-state index >= 15 is 0 Å². The molecule has 13 heavy (non-hydrogen) atoms. The van der Waals surface area contributed by atoms with Gasteiger partial charge in [0.1, 0.15) is 0 Å². The van der Waals surface area contributed by atoms with Gasteiger partial charge in [-0.25, -0.2) is 0 Å². The molecule has 2 nitrogen and oxygen atoms in total. The summed E-state index contributed by atoms with van der Waals surface area (Å²) in [7, 11) is 0. The molecule has 0 N–H and O–H groups in total. The van der Waals surface area contributed by atoms with Gasteiger partial charge in [0.25, 0.3) is 0 Å². The van der Waals surface area contributed by atoms with Gasteiger partial charge in [-0.05, 0) is 6.92 Å². The second-order valence-corrected chi connectivity index (χ2v) is 3.28. The first-order chi connectivity index (χ1) is 6.31. The first-order valence-electron chi connectivity index (χ1n) is 5.46. The summed E-state index contributed by atoms with van der Waals surface area (Å²) in [4.78, 5) is 10.2. The molecule has 0 aliphatic heterocycles. The molecule has 78 valence electrons. The van der Waals surface area contributed by atoms with Gasteiger partial charge in [0.15, 0.2) is 0 Å². The molecule has 0 aromatic rings. The minimum absolute atomic E-state index is 0.123. The van der Waals surface area contributed by atoms with Crippen LogP contribution >= 0.6 is 0 Å². The van der Waals surface area contributed by atoms with Crippen molar-refractivity contribution in [3.63, 3.8) is 0 Å². The Morgan fingerprint density at radius 3 is 1.54 bits per heavy atom. The van der Waals surface area contributed by atoms with Crippen molar-refractivity contribution >= 4 is 5.97 Å². The first kappa shape index (κ1) is 12.5. The Morgan fingerprint density at radius 1 is 1.00 bits per heavy atom. The van der Waals surface area contributed by atoms with E-state index in [2.05, 4.69) is 4.74 Å². The standard InChI is InChI=1S/C6H12.C5H10O2/c1-2-4-6-5-3-1;1-3-5(6)7-4-2/h1-6H2;3-4H2,1-2H3. The lowest BCUT2D eigenvalue weighted by Gasteiger charge is -2.05. The molecule has 2 heteroatoms. The van der Waals surface area contributed by atoms with Gasteiger partial charge in [0, 0.05) is 6.42 Å². The van der Waals surface area contributed by atoms with Gasteiger partial charge >= 0.3 is 5.97 Å². The molecule has 0 heterocycles. The minimum Gasteiger partial charge on any atom is -0.466 e. The van der Waals surface area contributed by atoms with Crippen molar-refractivity contribution < 1.29 is 9.53 Å². The maximum atomic E-state index is 10.2. The van der Waals surface area contributed by atoms with Gasteiger partial charge < -0.3 is 4.74 Å². The van der Waals surface area contributed by atoms with Crippen LogP contribution in [0.25, 0.3) is 0 Å². The van der Waals surface area contributed by atoms with E-state index in [1.54, 1.807) is 13.8 Å². The molecule has 0 aromatic carbocycles. The van der Waals surface area contributed by atoms with Crippen molar-refractivity contribution in [3.8, 4) is 0 Å². The van der Waals surface area contributed by atoms with Crippen LogP contribution in [0.3, 0.4) is 0 Å². The summed E-state index contributed by atoms with van der Waals surface area (Å²) in [5, 5.41) is 0. The second-order valence-electron chi connectivity index (χ2n) is 3.28. The fraction of sp³-hybridized carbons (Fsp3) is 0.909. The number of esters is 1. The van der Waals surface area contributed by atoms with Crippen LogP contribution in [0.5, 0.6) is 0 Å². The Hall–Kier alpha value is -0.530. The van der Waals surface area contributed by atoms with Crippen LogP contribution in [0.15, 0.2) is 0 Å². The normalized spacial score (nSPS) is 15.5. The largest absolute Gasteiger partial charge is 0.466 e.